The lowest BCUT2D eigenvalue weighted by Gasteiger charge is -2.31. The Morgan fingerprint density at radius 1 is 1.16 bits per heavy atom. The molecule has 1 saturated heterocycles. The summed E-state index contributed by atoms with van der Waals surface area (Å²) >= 11 is 0. The Balaban J connectivity index is 1.48. The van der Waals surface area contributed by atoms with Gasteiger partial charge in [0, 0.05) is 13.1 Å². The van der Waals surface area contributed by atoms with Crippen molar-refractivity contribution in [2.75, 3.05) is 26.8 Å². The maximum absolute atomic E-state index is 12.6. The molecular weight excluding hydrogens is 318 g/mol. The Morgan fingerprint density at radius 3 is 2.36 bits per heavy atom. The molecule has 5 nitrogen and oxygen atoms in total. The summed E-state index contributed by atoms with van der Waals surface area (Å²) in [6.07, 6.45) is 1.91. The molecule has 134 valence electrons. The number of rotatable bonds is 5. The summed E-state index contributed by atoms with van der Waals surface area (Å²) in [7, 11) is 1.65. The van der Waals surface area contributed by atoms with Crippen LogP contribution in [0.5, 0.6) is 11.5 Å². The number of benzene rings is 1. The van der Waals surface area contributed by atoms with Crippen LogP contribution >= 0.6 is 0 Å². The van der Waals surface area contributed by atoms with Crippen molar-refractivity contribution >= 4 is 5.91 Å². The molecule has 2 aromatic rings. The molecule has 0 saturated carbocycles. The molecule has 3 rings (SSSR count). The monoisotopic (exact) mass is 343 g/mol. The second kappa shape index (κ2) is 7.64. The van der Waals surface area contributed by atoms with Crippen molar-refractivity contribution in [3.63, 3.8) is 0 Å². The van der Waals surface area contributed by atoms with E-state index in [2.05, 4.69) is 0 Å². The van der Waals surface area contributed by atoms with Crippen LogP contribution in [0.2, 0.25) is 0 Å². The van der Waals surface area contributed by atoms with Crippen LogP contribution in [0.25, 0.3) is 0 Å². The van der Waals surface area contributed by atoms with Gasteiger partial charge in [0.15, 0.2) is 0 Å². The van der Waals surface area contributed by atoms with Crippen molar-refractivity contribution in [3.05, 3.63) is 47.4 Å². The third-order valence-corrected chi connectivity index (χ3v) is 4.72. The van der Waals surface area contributed by atoms with E-state index in [1.54, 1.807) is 7.11 Å². The molecule has 0 atom stereocenters. The molecule has 0 radical (unpaired) electrons. The Bertz CT molecular complexity index is 712. The number of piperidine rings is 1. The van der Waals surface area contributed by atoms with E-state index in [1.165, 1.54) is 0 Å². The average molecular weight is 343 g/mol. The van der Waals surface area contributed by atoms with Crippen molar-refractivity contribution in [1.29, 1.82) is 0 Å². The van der Waals surface area contributed by atoms with Gasteiger partial charge in [0.05, 0.1) is 19.3 Å². The highest BCUT2D eigenvalue weighted by Gasteiger charge is 2.26. The van der Waals surface area contributed by atoms with Crippen molar-refractivity contribution in [1.82, 2.24) is 4.90 Å². The fraction of sp³-hybridized carbons (Fsp3) is 0.450. The molecule has 2 heterocycles. The molecule has 1 aliphatic heterocycles. The zero-order chi connectivity index (χ0) is 17.8. The summed E-state index contributed by atoms with van der Waals surface area (Å²) in [6.45, 7) is 5.92. The third kappa shape index (κ3) is 4.16. The van der Waals surface area contributed by atoms with E-state index in [0.29, 0.717) is 23.8 Å². The van der Waals surface area contributed by atoms with Crippen LogP contribution in [0.15, 0.2) is 34.7 Å². The van der Waals surface area contributed by atoms with E-state index >= 15 is 0 Å². The highest BCUT2D eigenvalue weighted by Crippen LogP contribution is 2.23. The van der Waals surface area contributed by atoms with E-state index in [9.17, 15) is 4.79 Å². The Kier molecular flexibility index (Phi) is 5.31. The summed E-state index contributed by atoms with van der Waals surface area (Å²) < 4.78 is 16.5. The van der Waals surface area contributed by atoms with Gasteiger partial charge in [-0.05, 0) is 62.9 Å². The Morgan fingerprint density at radius 2 is 1.80 bits per heavy atom. The minimum absolute atomic E-state index is 0.0730. The maximum atomic E-state index is 12.6. The number of hydrogen-bond donors (Lipinski definition) is 0. The van der Waals surface area contributed by atoms with Gasteiger partial charge in [0.1, 0.15) is 23.0 Å². The number of furan rings is 1. The Labute approximate surface area is 148 Å². The average Bonchev–Trinajstić information content (AvgIpc) is 2.98. The minimum Gasteiger partial charge on any atom is -0.497 e. The van der Waals surface area contributed by atoms with Crippen LogP contribution in [0.1, 0.15) is 34.7 Å². The molecule has 1 aromatic heterocycles. The third-order valence-electron chi connectivity index (χ3n) is 4.72. The number of amides is 1. The summed E-state index contributed by atoms with van der Waals surface area (Å²) in [4.78, 5) is 14.5. The first kappa shape index (κ1) is 17.4. The van der Waals surface area contributed by atoms with Crippen molar-refractivity contribution in [3.8, 4) is 11.5 Å². The summed E-state index contributed by atoms with van der Waals surface area (Å²) in [6, 6.07) is 9.46. The quantitative estimate of drug-likeness (QED) is 0.828. The summed E-state index contributed by atoms with van der Waals surface area (Å²) in [5.74, 6) is 3.70. The van der Waals surface area contributed by atoms with Crippen LogP contribution in [0.4, 0.5) is 0 Å². The van der Waals surface area contributed by atoms with E-state index in [0.717, 1.165) is 43.2 Å². The molecule has 25 heavy (non-hydrogen) atoms. The lowest BCUT2D eigenvalue weighted by molar-refractivity contribution is 0.0659. The van der Waals surface area contributed by atoms with Gasteiger partial charge in [-0.15, -0.1) is 0 Å². The smallest absolute Gasteiger partial charge is 0.257 e. The number of methoxy groups -OCH3 is 1. The molecular formula is C20H25NO4. The van der Waals surface area contributed by atoms with Crippen LogP contribution in [-0.2, 0) is 0 Å². The van der Waals surface area contributed by atoms with Gasteiger partial charge in [-0.2, -0.15) is 0 Å². The molecule has 1 aromatic carbocycles. The zero-order valence-electron chi connectivity index (χ0n) is 15.1. The lowest BCUT2D eigenvalue weighted by Crippen LogP contribution is -2.39. The molecule has 1 aliphatic rings. The highest BCUT2D eigenvalue weighted by molar-refractivity contribution is 5.95. The van der Waals surface area contributed by atoms with Crippen LogP contribution in [0.3, 0.4) is 0 Å². The zero-order valence-corrected chi connectivity index (χ0v) is 15.1. The Hall–Kier alpha value is -2.43. The first-order valence-electron chi connectivity index (χ1n) is 8.70. The maximum Gasteiger partial charge on any atom is 0.257 e. The second-order valence-corrected chi connectivity index (χ2v) is 6.55. The number of carbonyl (C=O) groups excluding carboxylic acids is 1. The topological polar surface area (TPSA) is 51.9 Å². The van der Waals surface area contributed by atoms with Crippen LogP contribution < -0.4 is 9.47 Å². The minimum atomic E-state index is 0.0730. The van der Waals surface area contributed by atoms with Gasteiger partial charge in [0.25, 0.3) is 5.91 Å². The van der Waals surface area contributed by atoms with Gasteiger partial charge < -0.3 is 18.8 Å². The second-order valence-electron chi connectivity index (χ2n) is 6.55. The van der Waals surface area contributed by atoms with Gasteiger partial charge in [-0.3, -0.25) is 4.79 Å². The SMILES string of the molecule is COc1ccc(OCC2CCN(C(=O)c3cc(C)oc3C)CC2)cc1. The predicted octanol–water partition coefficient (Wildman–Crippen LogP) is 3.84. The first-order valence-corrected chi connectivity index (χ1v) is 8.70. The van der Waals surface area contributed by atoms with Gasteiger partial charge in [0.2, 0.25) is 0 Å². The number of ether oxygens (including phenoxy) is 2. The van der Waals surface area contributed by atoms with Crippen molar-refractivity contribution in [2.45, 2.75) is 26.7 Å². The number of hydrogen-bond acceptors (Lipinski definition) is 4. The molecule has 0 bridgehead atoms. The molecule has 5 heteroatoms. The lowest BCUT2D eigenvalue weighted by atomic mass is 9.97. The number of carbonyl (C=O) groups is 1. The molecule has 1 fully saturated rings. The summed E-state index contributed by atoms with van der Waals surface area (Å²) in [5.41, 5.74) is 0.686. The van der Waals surface area contributed by atoms with E-state index in [1.807, 2.05) is 49.1 Å². The van der Waals surface area contributed by atoms with Crippen molar-refractivity contribution < 1.29 is 18.7 Å². The van der Waals surface area contributed by atoms with Crippen LogP contribution in [0, 0.1) is 19.8 Å². The van der Waals surface area contributed by atoms with Crippen LogP contribution in [-0.4, -0.2) is 37.6 Å². The molecule has 1 amide bonds. The van der Waals surface area contributed by atoms with Gasteiger partial charge in [-0.25, -0.2) is 0 Å². The predicted molar refractivity (Wildman–Crippen MR) is 95.3 cm³/mol. The van der Waals surface area contributed by atoms with Gasteiger partial charge >= 0.3 is 0 Å². The molecule has 0 N–H and O–H groups in total. The largest absolute Gasteiger partial charge is 0.497 e. The summed E-state index contributed by atoms with van der Waals surface area (Å²) in [5, 5.41) is 0. The van der Waals surface area contributed by atoms with Crippen molar-refractivity contribution in [2.24, 2.45) is 5.92 Å². The number of aryl methyl sites for hydroxylation is 2. The normalized spacial score (nSPS) is 15.2. The first-order chi connectivity index (χ1) is 12.1. The van der Waals surface area contributed by atoms with E-state index in [4.69, 9.17) is 13.9 Å². The van der Waals surface area contributed by atoms with Gasteiger partial charge in [-0.1, -0.05) is 0 Å². The fourth-order valence-electron chi connectivity index (χ4n) is 3.20. The standard InChI is InChI=1S/C20H25NO4/c1-14-12-19(15(2)25-14)20(22)21-10-8-16(9-11-21)13-24-18-6-4-17(23-3)5-7-18/h4-7,12,16H,8-11,13H2,1-3H3. The fourth-order valence-corrected chi connectivity index (χ4v) is 3.20. The van der Waals surface area contributed by atoms with E-state index in [-0.39, 0.29) is 5.91 Å². The molecule has 0 spiro atoms. The van der Waals surface area contributed by atoms with E-state index < -0.39 is 0 Å². The molecule has 0 aliphatic carbocycles. The highest BCUT2D eigenvalue weighted by atomic mass is 16.5. The number of likely N-dealkylation sites (tertiary alicyclic amines) is 1. The number of nitrogens with zero attached hydrogens (tertiary/aromatic N) is 1. The molecule has 0 unspecified atom stereocenters.